The zero-order chi connectivity index (χ0) is 14.7. The van der Waals surface area contributed by atoms with Crippen molar-refractivity contribution in [2.24, 2.45) is 11.8 Å². The predicted octanol–water partition coefficient (Wildman–Crippen LogP) is 1.27. The van der Waals surface area contributed by atoms with Crippen LogP contribution in [0.15, 0.2) is 0 Å². The van der Waals surface area contributed by atoms with E-state index in [4.69, 9.17) is 0 Å². The van der Waals surface area contributed by atoms with Gasteiger partial charge < -0.3 is 19.8 Å². The number of carboxylic acids is 2. The molecular weight excluding hydrogens is 244 g/mol. The maximum atomic E-state index is 11.3. The molecule has 0 N–H and O–H groups in total. The van der Waals surface area contributed by atoms with Gasteiger partial charge in [-0.05, 0) is 38.0 Å². The SMILES string of the molecule is CCCCC(CCCC)C(CCCC(=O)[O-])C(=O)[O-]. The lowest BCUT2D eigenvalue weighted by Gasteiger charge is -2.28. The zero-order valence-corrected chi connectivity index (χ0v) is 12.2. The number of hydrogen-bond acceptors (Lipinski definition) is 4. The molecule has 0 aliphatic heterocycles. The molecule has 1 unspecified atom stereocenters. The number of hydrogen-bond donors (Lipinski definition) is 0. The van der Waals surface area contributed by atoms with Crippen LogP contribution in [-0.4, -0.2) is 11.9 Å². The summed E-state index contributed by atoms with van der Waals surface area (Å²) in [7, 11) is 0. The van der Waals surface area contributed by atoms with Crippen molar-refractivity contribution in [3.05, 3.63) is 0 Å². The Labute approximate surface area is 116 Å². The molecule has 0 aromatic heterocycles. The van der Waals surface area contributed by atoms with E-state index in [0.29, 0.717) is 12.8 Å². The molecular formula is C15H26O4-2. The predicted molar refractivity (Wildman–Crippen MR) is 69.9 cm³/mol. The molecule has 0 rings (SSSR count). The molecule has 0 fully saturated rings. The number of rotatable bonds is 12. The third-order valence-electron chi connectivity index (χ3n) is 3.62. The van der Waals surface area contributed by atoms with Crippen LogP contribution in [-0.2, 0) is 9.59 Å². The second-order valence-corrected chi connectivity index (χ2v) is 5.23. The van der Waals surface area contributed by atoms with Crippen molar-refractivity contribution in [3.8, 4) is 0 Å². The van der Waals surface area contributed by atoms with E-state index in [2.05, 4.69) is 13.8 Å². The standard InChI is InChI=1S/C15H28O4/c1-3-5-8-12(9-6-4-2)13(15(18)19)10-7-11-14(16)17/h12-13H,3-11H2,1-2H3,(H,16,17)(H,18,19)/p-2. The molecule has 0 heterocycles. The van der Waals surface area contributed by atoms with Crippen molar-refractivity contribution in [2.45, 2.75) is 71.6 Å². The topological polar surface area (TPSA) is 80.3 Å². The molecule has 0 aromatic carbocycles. The number of unbranched alkanes of at least 4 members (excludes halogenated alkanes) is 2. The van der Waals surface area contributed by atoms with Gasteiger partial charge in [0, 0.05) is 17.9 Å². The number of carbonyl (C=O) groups is 2. The van der Waals surface area contributed by atoms with Gasteiger partial charge in [0.15, 0.2) is 0 Å². The minimum absolute atomic E-state index is 0.0714. The van der Waals surface area contributed by atoms with E-state index in [0.717, 1.165) is 38.5 Å². The summed E-state index contributed by atoms with van der Waals surface area (Å²) in [4.78, 5) is 21.7. The normalized spacial score (nSPS) is 12.6. The Morgan fingerprint density at radius 3 is 1.79 bits per heavy atom. The molecule has 0 spiro atoms. The minimum atomic E-state index is -1.12. The summed E-state index contributed by atoms with van der Waals surface area (Å²) < 4.78 is 0. The van der Waals surface area contributed by atoms with E-state index in [1.807, 2.05) is 0 Å². The fourth-order valence-electron chi connectivity index (χ4n) is 2.49. The van der Waals surface area contributed by atoms with Gasteiger partial charge in [-0.2, -0.15) is 0 Å². The van der Waals surface area contributed by atoms with Crippen molar-refractivity contribution in [2.75, 3.05) is 0 Å². The fourth-order valence-corrected chi connectivity index (χ4v) is 2.49. The summed E-state index contributed by atoms with van der Waals surface area (Å²) in [6.07, 6.45) is 6.56. The third kappa shape index (κ3) is 8.62. The number of carbonyl (C=O) groups excluding carboxylic acids is 2. The first-order valence-corrected chi connectivity index (χ1v) is 7.43. The molecule has 4 heteroatoms. The Kier molecular flexibility index (Phi) is 10.2. The first-order valence-electron chi connectivity index (χ1n) is 7.43. The molecule has 0 bridgehead atoms. The lowest BCUT2D eigenvalue weighted by atomic mass is 9.81. The molecule has 112 valence electrons. The van der Waals surface area contributed by atoms with Crippen molar-refractivity contribution >= 4 is 11.9 Å². The van der Waals surface area contributed by atoms with Crippen molar-refractivity contribution in [1.82, 2.24) is 0 Å². The largest absolute Gasteiger partial charge is 0.550 e. The van der Waals surface area contributed by atoms with E-state index in [9.17, 15) is 19.8 Å². The van der Waals surface area contributed by atoms with Crippen LogP contribution >= 0.6 is 0 Å². The van der Waals surface area contributed by atoms with Crippen LogP contribution in [0.3, 0.4) is 0 Å². The summed E-state index contributed by atoms with van der Waals surface area (Å²) in [6.45, 7) is 4.17. The van der Waals surface area contributed by atoms with E-state index < -0.39 is 17.9 Å². The van der Waals surface area contributed by atoms with Crippen LogP contribution in [0.5, 0.6) is 0 Å². The Bertz CT molecular complexity index is 255. The molecule has 0 aliphatic rings. The summed E-state index contributed by atoms with van der Waals surface area (Å²) >= 11 is 0. The van der Waals surface area contributed by atoms with Crippen LogP contribution in [0.4, 0.5) is 0 Å². The van der Waals surface area contributed by atoms with Crippen molar-refractivity contribution in [1.29, 1.82) is 0 Å². The maximum absolute atomic E-state index is 11.3. The second-order valence-electron chi connectivity index (χ2n) is 5.23. The Hall–Kier alpha value is -1.06. The smallest absolute Gasteiger partial charge is 0.0448 e. The summed E-state index contributed by atoms with van der Waals surface area (Å²) in [5.41, 5.74) is 0. The van der Waals surface area contributed by atoms with E-state index in [1.54, 1.807) is 0 Å². The Morgan fingerprint density at radius 1 is 0.895 bits per heavy atom. The lowest BCUT2D eigenvalue weighted by molar-refractivity contribution is -0.315. The molecule has 0 saturated heterocycles. The zero-order valence-electron chi connectivity index (χ0n) is 12.2. The van der Waals surface area contributed by atoms with Crippen LogP contribution in [0.2, 0.25) is 0 Å². The van der Waals surface area contributed by atoms with Gasteiger partial charge in [0.2, 0.25) is 0 Å². The average molecular weight is 270 g/mol. The van der Waals surface area contributed by atoms with Crippen molar-refractivity contribution in [3.63, 3.8) is 0 Å². The molecule has 1 atom stereocenters. The number of carboxylic acid groups (broad SMARTS) is 2. The second kappa shape index (κ2) is 10.8. The van der Waals surface area contributed by atoms with Gasteiger partial charge in [-0.1, -0.05) is 39.5 Å². The van der Waals surface area contributed by atoms with Gasteiger partial charge in [-0.25, -0.2) is 0 Å². The number of aliphatic carboxylic acids is 2. The summed E-state index contributed by atoms with van der Waals surface area (Å²) in [5, 5.41) is 21.7. The van der Waals surface area contributed by atoms with Gasteiger partial charge in [0.25, 0.3) is 0 Å². The highest BCUT2D eigenvalue weighted by Crippen LogP contribution is 2.28. The molecule has 0 radical (unpaired) electrons. The van der Waals surface area contributed by atoms with Gasteiger partial charge in [0.05, 0.1) is 0 Å². The monoisotopic (exact) mass is 270 g/mol. The lowest BCUT2D eigenvalue weighted by Crippen LogP contribution is -2.36. The van der Waals surface area contributed by atoms with Crippen molar-refractivity contribution < 1.29 is 19.8 Å². The molecule has 0 aliphatic carbocycles. The maximum Gasteiger partial charge on any atom is 0.0448 e. The van der Waals surface area contributed by atoms with E-state index in [-0.39, 0.29) is 12.3 Å². The Morgan fingerprint density at radius 2 is 1.42 bits per heavy atom. The average Bonchev–Trinajstić information content (AvgIpc) is 2.35. The molecule has 0 amide bonds. The van der Waals surface area contributed by atoms with Crippen LogP contribution in [0, 0.1) is 11.8 Å². The Balaban J connectivity index is 4.45. The molecule has 0 saturated carbocycles. The first-order chi connectivity index (χ1) is 9.02. The first kappa shape index (κ1) is 17.9. The highest BCUT2D eigenvalue weighted by atomic mass is 16.4. The van der Waals surface area contributed by atoms with Gasteiger partial charge in [-0.3, -0.25) is 0 Å². The molecule has 4 nitrogen and oxygen atoms in total. The fraction of sp³-hybridized carbons (Fsp3) is 0.867. The third-order valence-corrected chi connectivity index (χ3v) is 3.62. The van der Waals surface area contributed by atoms with Gasteiger partial charge in [0.1, 0.15) is 0 Å². The van der Waals surface area contributed by atoms with Crippen LogP contribution in [0.1, 0.15) is 71.6 Å². The van der Waals surface area contributed by atoms with E-state index in [1.165, 1.54) is 0 Å². The van der Waals surface area contributed by atoms with Gasteiger partial charge >= 0.3 is 0 Å². The molecule has 19 heavy (non-hydrogen) atoms. The summed E-state index contributed by atoms with van der Waals surface area (Å²) in [6, 6.07) is 0. The molecule has 0 aromatic rings. The summed E-state index contributed by atoms with van der Waals surface area (Å²) in [5.74, 6) is -2.55. The minimum Gasteiger partial charge on any atom is -0.550 e. The van der Waals surface area contributed by atoms with Gasteiger partial charge in [-0.15, -0.1) is 0 Å². The van der Waals surface area contributed by atoms with Crippen LogP contribution < -0.4 is 10.2 Å². The highest BCUT2D eigenvalue weighted by molar-refractivity contribution is 5.68. The quantitative estimate of drug-likeness (QED) is 0.535. The van der Waals surface area contributed by atoms with E-state index >= 15 is 0 Å². The highest BCUT2D eigenvalue weighted by Gasteiger charge is 2.21. The van der Waals surface area contributed by atoms with Crippen LogP contribution in [0.25, 0.3) is 0 Å².